The van der Waals surface area contributed by atoms with Gasteiger partial charge in [0.15, 0.2) is 11.4 Å². The number of carbonyl (C=O) groups is 4. The topological polar surface area (TPSA) is 127 Å². The molecular formula is C32H42N4O7. The van der Waals surface area contributed by atoms with Crippen molar-refractivity contribution < 1.29 is 33.4 Å². The van der Waals surface area contributed by atoms with Crippen molar-refractivity contribution in [2.75, 3.05) is 39.9 Å². The number of benzene rings is 1. The van der Waals surface area contributed by atoms with Gasteiger partial charge < -0.3 is 29.3 Å². The maximum atomic E-state index is 13.9. The van der Waals surface area contributed by atoms with Gasteiger partial charge in [0.05, 0.1) is 19.4 Å². The molecule has 11 nitrogen and oxygen atoms in total. The third kappa shape index (κ3) is 8.46. The highest BCUT2D eigenvalue weighted by Crippen LogP contribution is 2.46. The van der Waals surface area contributed by atoms with E-state index in [0.717, 1.165) is 24.0 Å². The van der Waals surface area contributed by atoms with Gasteiger partial charge in [-0.25, -0.2) is 9.78 Å². The highest BCUT2D eigenvalue weighted by Gasteiger charge is 2.35. The van der Waals surface area contributed by atoms with Crippen molar-refractivity contribution in [2.24, 2.45) is 0 Å². The van der Waals surface area contributed by atoms with Crippen molar-refractivity contribution in [3.05, 3.63) is 47.7 Å². The van der Waals surface area contributed by atoms with Crippen molar-refractivity contribution in [2.45, 2.75) is 70.9 Å². The van der Waals surface area contributed by atoms with Gasteiger partial charge in [0.25, 0.3) is 5.91 Å². The molecule has 1 saturated heterocycles. The molecule has 0 spiro atoms. The minimum absolute atomic E-state index is 0.0355. The predicted molar refractivity (Wildman–Crippen MR) is 160 cm³/mol. The molecule has 1 saturated carbocycles. The first-order valence-corrected chi connectivity index (χ1v) is 14.9. The molecule has 2 heterocycles. The summed E-state index contributed by atoms with van der Waals surface area (Å²) in [6.07, 6.45) is 1.52. The van der Waals surface area contributed by atoms with Crippen LogP contribution < -0.4 is 10.1 Å². The van der Waals surface area contributed by atoms with Crippen LogP contribution in [0.2, 0.25) is 0 Å². The summed E-state index contributed by atoms with van der Waals surface area (Å²) in [5.41, 5.74) is 1.82. The Morgan fingerprint density at radius 3 is 2.26 bits per heavy atom. The van der Waals surface area contributed by atoms with Crippen molar-refractivity contribution in [1.82, 2.24) is 20.1 Å². The molecule has 1 unspecified atom stereocenters. The van der Waals surface area contributed by atoms with Crippen LogP contribution in [0.5, 0.6) is 5.75 Å². The Kier molecular flexibility index (Phi) is 10.3. The zero-order valence-corrected chi connectivity index (χ0v) is 25.7. The summed E-state index contributed by atoms with van der Waals surface area (Å²) in [7, 11) is 1.51. The predicted octanol–water partition coefficient (Wildman–Crippen LogP) is 4.16. The normalized spacial score (nSPS) is 15.8. The number of rotatable bonds is 10. The molecule has 0 radical (unpaired) electrons. The van der Waals surface area contributed by atoms with Crippen molar-refractivity contribution >= 4 is 23.9 Å². The number of piperazine rings is 1. The van der Waals surface area contributed by atoms with Gasteiger partial charge >= 0.3 is 12.1 Å². The Labute approximate surface area is 252 Å². The fourth-order valence-electron chi connectivity index (χ4n) is 5.06. The standard InChI is InChI=1S/C32H42N4O7/c1-6-42-31(40)36-18-16-35(17-19-36)30(39)24(14-15-26(37)43-32(2,3)4)34-29(38)27-28(41-5)23(21-12-13-21)20-25(33-27)22-10-8-7-9-11-22/h7-11,20-21,24H,6,12-19H2,1-5H3,(H,34,38). The van der Waals surface area contributed by atoms with Crippen LogP contribution in [0, 0.1) is 0 Å². The fraction of sp³-hybridized carbons (Fsp3) is 0.531. The lowest BCUT2D eigenvalue weighted by molar-refractivity contribution is -0.155. The Hall–Kier alpha value is -4.15. The van der Waals surface area contributed by atoms with E-state index in [1.54, 1.807) is 37.5 Å². The third-order valence-electron chi connectivity index (χ3n) is 7.29. The molecule has 1 aliphatic heterocycles. The quantitative estimate of drug-likeness (QED) is 0.407. The van der Waals surface area contributed by atoms with Crippen LogP contribution in [-0.2, 0) is 19.1 Å². The number of ether oxygens (including phenoxy) is 3. The minimum atomic E-state index is -1.02. The number of carbonyl (C=O) groups excluding carboxylic acids is 4. The third-order valence-corrected chi connectivity index (χ3v) is 7.29. The van der Waals surface area contributed by atoms with E-state index < -0.39 is 29.6 Å². The molecule has 4 rings (SSSR count). The van der Waals surface area contributed by atoms with Crippen LogP contribution in [0.1, 0.15) is 75.3 Å². The van der Waals surface area contributed by atoms with E-state index in [-0.39, 0.29) is 50.1 Å². The molecule has 1 aliphatic carbocycles. The zero-order valence-electron chi connectivity index (χ0n) is 25.7. The molecule has 1 aromatic carbocycles. The summed E-state index contributed by atoms with van der Waals surface area (Å²) < 4.78 is 16.2. The van der Waals surface area contributed by atoms with Crippen molar-refractivity contribution in [1.29, 1.82) is 0 Å². The van der Waals surface area contributed by atoms with Gasteiger partial charge in [-0.2, -0.15) is 0 Å². The summed E-state index contributed by atoms with van der Waals surface area (Å²) in [6, 6.07) is 10.5. The van der Waals surface area contributed by atoms with Gasteiger partial charge in [-0.15, -0.1) is 0 Å². The van der Waals surface area contributed by atoms with E-state index in [1.165, 1.54) is 7.11 Å². The average Bonchev–Trinajstić information content (AvgIpc) is 3.83. The van der Waals surface area contributed by atoms with Gasteiger partial charge in [-0.05, 0) is 58.9 Å². The van der Waals surface area contributed by atoms with E-state index in [1.807, 2.05) is 36.4 Å². The van der Waals surface area contributed by atoms with Crippen LogP contribution in [0.4, 0.5) is 4.79 Å². The highest BCUT2D eigenvalue weighted by atomic mass is 16.6. The van der Waals surface area contributed by atoms with Gasteiger partial charge in [0, 0.05) is 43.7 Å². The number of hydrogen-bond donors (Lipinski definition) is 1. The molecule has 1 aromatic heterocycles. The maximum absolute atomic E-state index is 13.9. The van der Waals surface area contributed by atoms with E-state index in [9.17, 15) is 19.2 Å². The van der Waals surface area contributed by atoms with E-state index in [2.05, 4.69) is 10.3 Å². The second-order valence-corrected chi connectivity index (χ2v) is 11.8. The van der Waals surface area contributed by atoms with Crippen LogP contribution in [0.15, 0.2) is 36.4 Å². The molecule has 2 aromatic rings. The molecule has 3 amide bonds. The molecule has 0 bridgehead atoms. The smallest absolute Gasteiger partial charge is 0.409 e. The van der Waals surface area contributed by atoms with E-state index in [0.29, 0.717) is 24.5 Å². The largest absolute Gasteiger partial charge is 0.494 e. The molecule has 1 N–H and O–H groups in total. The van der Waals surface area contributed by atoms with E-state index >= 15 is 0 Å². The molecule has 2 fully saturated rings. The number of aromatic nitrogens is 1. The van der Waals surface area contributed by atoms with Crippen LogP contribution in [0.3, 0.4) is 0 Å². The van der Waals surface area contributed by atoms with Crippen LogP contribution in [0.25, 0.3) is 11.3 Å². The summed E-state index contributed by atoms with van der Waals surface area (Å²) in [4.78, 5) is 60.2. The Morgan fingerprint density at radius 1 is 1.02 bits per heavy atom. The second-order valence-electron chi connectivity index (χ2n) is 11.8. The first-order chi connectivity index (χ1) is 20.5. The SMILES string of the molecule is CCOC(=O)N1CCN(C(=O)C(CCC(=O)OC(C)(C)C)NC(=O)c2nc(-c3ccccc3)cc(C3CC3)c2OC)CC1. The Morgan fingerprint density at radius 2 is 1.67 bits per heavy atom. The maximum Gasteiger partial charge on any atom is 0.409 e. The fourth-order valence-corrected chi connectivity index (χ4v) is 5.06. The van der Waals surface area contributed by atoms with Gasteiger partial charge in [-0.3, -0.25) is 14.4 Å². The number of esters is 1. The molecule has 232 valence electrons. The monoisotopic (exact) mass is 594 g/mol. The number of pyridine rings is 1. The lowest BCUT2D eigenvalue weighted by atomic mass is 10.0. The molecule has 11 heteroatoms. The highest BCUT2D eigenvalue weighted by molar-refractivity contribution is 5.99. The minimum Gasteiger partial charge on any atom is -0.494 e. The van der Waals surface area contributed by atoms with Gasteiger partial charge in [0.2, 0.25) is 5.91 Å². The molecular weight excluding hydrogens is 552 g/mol. The first-order valence-electron chi connectivity index (χ1n) is 14.9. The number of hydrogen-bond acceptors (Lipinski definition) is 8. The number of amides is 3. The van der Waals surface area contributed by atoms with Gasteiger partial charge in [-0.1, -0.05) is 30.3 Å². The Balaban J connectivity index is 1.58. The number of nitrogens with zero attached hydrogens (tertiary/aromatic N) is 3. The van der Waals surface area contributed by atoms with E-state index in [4.69, 9.17) is 14.2 Å². The van der Waals surface area contributed by atoms with Gasteiger partial charge in [0.1, 0.15) is 11.6 Å². The lowest BCUT2D eigenvalue weighted by Crippen LogP contribution is -2.56. The summed E-state index contributed by atoms with van der Waals surface area (Å²) >= 11 is 0. The lowest BCUT2D eigenvalue weighted by Gasteiger charge is -2.36. The summed E-state index contributed by atoms with van der Waals surface area (Å²) in [6.45, 7) is 8.47. The molecule has 2 aliphatic rings. The first kappa shape index (κ1) is 31.8. The average molecular weight is 595 g/mol. The summed E-state index contributed by atoms with van der Waals surface area (Å²) in [5, 5.41) is 2.86. The zero-order chi connectivity index (χ0) is 31.1. The van der Waals surface area contributed by atoms with Crippen LogP contribution in [-0.4, -0.2) is 90.2 Å². The van der Waals surface area contributed by atoms with Crippen molar-refractivity contribution in [3.63, 3.8) is 0 Å². The summed E-state index contributed by atoms with van der Waals surface area (Å²) in [5.74, 6) is -0.719. The van der Waals surface area contributed by atoms with Crippen LogP contribution >= 0.6 is 0 Å². The Bertz CT molecular complexity index is 1310. The molecule has 1 atom stereocenters. The molecule has 43 heavy (non-hydrogen) atoms. The van der Waals surface area contributed by atoms with Crippen molar-refractivity contribution in [3.8, 4) is 17.0 Å². The number of nitrogens with one attached hydrogen (secondary N) is 1. The second kappa shape index (κ2) is 13.9. The number of methoxy groups -OCH3 is 1.